The zero-order valence-corrected chi connectivity index (χ0v) is 17.1. The quantitative estimate of drug-likeness (QED) is 0.402. The summed E-state index contributed by atoms with van der Waals surface area (Å²) >= 11 is 0. The number of ether oxygens (including phenoxy) is 1. The lowest BCUT2D eigenvalue weighted by Crippen LogP contribution is -2.30. The van der Waals surface area contributed by atoms with Gasteiger partial charge in [0.15, 0.2) is 11.5 Å². The molecule has 0 bridgehead atoms. The Morgan fingerprint density at radius 2 is 1.44 bits per heavy atom. The molecule has 1 aliphatic heterocycles. The van der Waals surface area contributed by atoms with Crippen molar-refractivity contribution in [2.75, 3.05) is 4.90 Å². The molecule has 32 heavy (non-hydrogen) atoms. The van der Waals surface area contributed by atoms with Crippen LogP contribution >= 0.6 is 0 Å². The first-order valence-corrected chi connectivity index (χ1v) is 10.4. The van der Waals surface area contributed by atoms with Crippen LogP contribution in [-0.2, 0) is 0 Å². The molecule has 4 aromatic carbocycles. The molecule has 5 nitrogen and oxygen atoms in total. The molecule has 5 aromatic rings. The molecule has 154 valence electrons. The Hall–Kier alpha value is -4.00. The minimum atomic E-state index is -1.54. The highest BCUT2D eigenvalue weighted by Crippen LogP contribution is 2.51. The van der Waals surface area contributed by atoms with Gasteiger partial charge in [0, 0.05) is 23.0 Å². The topological polar surface area (TPSA) is 57.9 Å². The fraction of sp³-hybridized carbons (Fsp3) is 0. The summed E-state index contributed by atoms with van der Waals surface area (Å²) in [5, 5.41) is 20.5. The number of rotatable bonds is 3. The second-order valence-electron chi connectivity index (χ2n) is 7.77. The van der Waals surface area contributed by atoms with Crippen molar-refractivity contribution in [2.45, 2.75) is 0 Å². The van der Waals surface area contributed by atoms with Gasteiger partial charge in [0.1, 0.15) is 0 Å². The van der Waals surface area contributed by atoms with Crippen molar-refractivity contribution in [3.05, 3.63) is 103 Å². The van der Waals surface area contributed by atoms with Crippen LogP contribution in [0.25, 0.3) is 16.6 Å². The van der Waals surface area contributed by atoms with Crippen LogP contribution in [0.3, 0.4) is 0 Å². The molecule has 1 aromatic heterocycles. The van der Waals surface area contributed by atoms with E-state index in [-0.39, 0.29) is 0 Å². The number of benzene rings is 4. The molecule has 0 unspecified atom stereocenters. The van der Waals surface area contributed by atoms with Gasteiger partial charge >= 0.3 is 7.12 Å². The number of aromatic nitrogens is 1. The first-order valence-electron chi connectivity index (χ1n) is 10.4. The van der Waals surface area contributed by atoms with Crippen LogP contribution < -0.4 is 15.1 Å². The minimum Gasteiger partial charge on any atom is -0.453 e. The van der Waals surface area contributed by atoms with E-state index >= 15 is 0 Å². The Labute approximate surface area is 185 Å². The molecule has 2 N–H and O–H groups in total. The maximum atomic E-state index is 9.72. The molecule has 0 fully saturated rings. The van der Waals surface area contributed by atoms with Gasteiger partial charge in [0.25, 0.3) is 0 Å². The van der Waals surface area contributed by atoms with Crippen molar-refractivity contribution in [1.82, 2.24) is 4.57 Å². The third-order valence-corrected chi connectivity index (χ3v) is 5.80. The average molecular weight is 418 g/mol. The van der Waals surface area contributed by atoms with Gasteiger partial charge in [0.05, 0.1) is 16.9 Å². The number of hydrogen-bond acceptors (Lipinski definition) is 4. The zero-order valence-electron chi connectivity index (χ0n) is 17.1. The number of fused-ring (bicyclic) bond motifs is 3. The molecular weight excluding hydrogens is 399 g/mol. The second-order valence-corrected chi connectivity index (χ2v) is 7.77. The van der Waals surface area contributed by atoms with Crippen LogP contribution in [0.2, 0.25) is 0 Å². The summed E-state index contributed by atoms with van der Waals surface area (Å²) in [6.07, 6.45) is 2.06. The highest BCUT2D eigenvalue weighted by Gasteiger charge is 2.27. The maximum Gasteiger partial charge on any atom is 0.488 e. The van der Waals surface area contributed by atoms with Crippen molar-refractivity contribution >= 4 is 40.5 Å². The summed E-state index contributed by atoms with van der Waals surface area (Å²) in [7, 11) is -1.54. The smallest absolute Gasteiger partial charge is 0.453 e. The van der Waals surface area contributed by atoms with E-state index in [4.69, 9.17) is 4.74 Å². The molecule has 0 amide bonds. The summed E-state index contributed by atoms with van der Waals surface area (Å²) in [5.41, 5.74) is 5.17. The largest absolute Gasteiger partial charge is 0.488 e. The van der Waals surface area contributed by atoms with Crippen LogP contribution in [0.5, 0.6) is 11.5 Å². The third-order valence-electron chi connectivity index (χ3n) is 5.80. The normalized spacial score (nSPS) is 12.2. The first kappa shape index (κ1) is 18.7. The fourth-order valence-corrected chi connectivity index (χ4v) is 4.30. The van der Waals surface area contributed by atoms with Crippen LogP contribution in [0.1, 0.15) is 0 Å². The van der Waals surface area contributed by atoms with Gasteiger partial charge in [-0.2, -0.15) is 0 Å². The molecule has 0 saturated heterocycles. The predicted octanol–water partition coefficient (Wildman–Crippen LogP) is 4.89. The van der Waals surface area contributed by atoms with Gasteiger partial charge in [-0.25, -0.2) is 0 Å². The Bertz CT molecular complexity index is 1450. The Morgan fingerprint density at radius 3 is 2.28 bits per heavy atom. The summed E-state index contributed by atoms with van der Waals surface area (Å²) in [4.78, 5) is 2.10. The molecule has 0 spiro atoms. The van der Waals surface area contributed by atoms with E-state index < -0.39 is 7.12 Å². The van der Waals surface area contributed by atoms with E-state index in [0.29, 0.717) is 5.46 Å². The summed E-state index contributed by atoms with van der Waals surface area (Å²) in [5.74, 6) is 1.49. The molecule has 0 radical (unpaired) electrons. The van der Waals surface area contributed by atoms with Gasteiger partial charge in [-0.1, -0.05) is 42.5 Å². The van der Waals surface area contributed by atoms with Crippen LogP contribution in [0.15, 0.2) is 103 Å². The van der Waals surface area contributed by atoms with Gasteiger partial charge in [-0.3, -0.25) is 0 Å². The summed E-state index contributed by atoms with van der Waals surface area (Å²) in [6, 6.07) is 31.6. The highest BCUT2D eigenvalue weighted by atomic mass is 16.5. The van der Waals surface area contributed by atoms with E-state index in [0.717, 1.165) is 45.2 Å². The molecule has 0 saturated carbocycles. The number of nitrogens with zero attached hydrogens (tertiary/aromatic N) is 2. The van der Waals surface area contributed by atoms with E-state index in [1.165, 1.54) is 0 Å². The Balaban J connectivity index is 1.59. The lowest BCUT2D eigenvalue weighted by atomic mass is 9.80. The van der Waals surface area contributed by atoms with Crippen LogP contribution in [-0.4, -0.2) is 21.7 Å². The Morgan fingerprint density at radius 1 is 0.656 bits per heavy atom. The monoisotopic (exact) mass is 418 g/mol. The SMILES string of the molecule is OB(O)c1cccc(N2c3ccccc3Oc3cc4ccn(-c5ccccc5)c4cc32)c1. The first-order chi connectivity index (χ1) is 15.7. The lowest BCUT2D eigenvalue weighted by molar-refractivity contribution is 0.426. The van der Waals surface area contributed by atoms with Crippen molar-refractivity contribution in [2.24, 2.45) is 0 Å². The fourth-order valence-electron chi connectivity index (χ4n) is 4.30. The molecule has 2 heterocycles. The van der Waals surface area contributed by atoms with E-state index in [1.807, 2.05) is 54.6 Å². The standard InChI is InChI=1S/C26H19BN2O3/c30-27(31)19-7-6-10-21(16-19)29-22-11-4-5-12-25(22)32-26-15-18-13-14-28(23(18)17-24(26)29)20-8-2-1-3-9-20/h1-17,30-31H. The summed E-state index contributed by atoms with van der Waals surface area (Å²) in [6.45, 7) is 0. The van der Waals surface area contributed by atoms with Crippen LogP contribution in [0, 0.1) is 0 Å². The number of anilines is 3. The van der Waals surface area contributed by atoms with Gasteiger partial charge in [0.2, 0.25) is 0 Å². The molecule has 6 rings (SSSR count). The third kappa shape index (κ3) is 2.97. The van der Waals surface area contributed by atoms with E-state index in [9.17, 15) is 10.0 Å². The van der Waals surface area contributed by atoms with Crippen LogP contribution in [0.4, 0.5) is 17.1 Å². The summed E-state index contributed by atoms with van der Waals surface area (Å²) < 4.78 is 8.44. The highest BCUT2D eigenvalue weighted by molar-refractivity contribution is 6.58. The molecule has 1 aliphatic rings. The van der Waals surface area contributed by atoms with Crippen molar-refractivity contribution in [1.29, 1.82) is 0 Å². The molecule has 0 atom stereocenters. The molecular formula is C26H19BN2O3. The van der Waals surface area contributed by atoms with Crippen molar-refractivity contribution in [3.63, 3.8) is 0 Å². The van der Waals surface area contributed by atoms with E-state index in [2.05, 4.69) is 46.0 Å². The Kier molecular flexibility index (Phi) is 4.28. The number of para-hydroxylation sites is 3. The second kappa shape index (κ2) is 7.30. The predicted molar refractivity (Wildman–Crippen MR) is 128 cm³/mol. The van der Waals surface area contributed by atoms with Gasteiger partial charge in [-0.15, -0.1) is 0 Å². The van der Waals surface area contributed by atoms with Gasteiger partial charge in [-0.05, 0) is 60.1 Å². The number of hydrogen-bond donors (Lipinski definition) is 2. The molecule has 0 aliphatic carbocycles. The maximum absolute atomic E-state index is 9.72. The van der Waals surface area contributed by atoms with Gasteiger partial charge < -0.3 is 24.3 Å². The lowest BCUT2D eigenvalue weighted by Gasteiger charge is -2.33. The average Bonchev–Trinajstić information content (AvgIpc) is 3.24. The van der Waals surface area contributed by atoms with E-state index in [1.54, 1.807) is 12.1 Å². The van der Waals surface area contributed by atoms with Crippen molar-refractivity contribution in [3.8, 4) is 17.2 Å². The molecule has 6 heteroatoms. The zero-order chi connectivity index (χ0) is 21.7. The minimum absolute atomic E-state index is 0.432. The van der Waals surface area contributed by atoms with Crippen molar-refractivity contribution < 1.29 is 14.8 Å².